The molecule has 3 rings (SSSR count). The highest BCUT2D eigenvalue weighted by atomic mass is 19.4. The molecule has 8 heteroatoms. The van der Waals surface area contributed by atoms with Crippen molar-refractivity contribution in [1.29, 1.82) is 0 Å². The lowest BCUT2D eigenvalue weighted by atomic mass is 10.1. The fraction of sp³-hybridized carbons (Fsp3) is 0.364. The summed E-state index contributed by atoms with van der Waals surface area (Å²) in [5, 5.41) is 6.39. The molecule has 2 aromatic rings. The molecule has 0 radical (unpaired) electrons. The Morgan fingerprint density at radius 1 is 1.37 bits per heavy atom. The third-order valence-corrected chi connectivity index (χ3v) is 2.95. The van der Waals surface area contributed by atoms with E-state index in [1.807, 2.05) is 6.07 Å². The minimum absolute atomic E-state index is 0.146. The van der Waals surface area contributed by atoms with E-state index in [9.17, 15) is 13.2 Å². The normalized spacial score (nSPS) is 18.8. The topological polar surface area (TPSA) is 55.6 Å². The first-order valence-electron chi connectivity index (χ1n) is 5.73. The van der Waals surface area contributed by atoms with Gasteiger partial charge in [0.15, 0.2) is 0 Å². The van der Waals surface area contributed by atoms with Crippen LogP contribution in [0.15, 0.2) is 24.5 Å². The first kappa shape index (κ1) is 11.9. The summed E-state index contributed by atoms with van der Waals surface area (Å²) in [6.07, 6.45) is -0.645. The monoisotopic (exact) mass is 269 g/mol. The molecule has 100 valence electrons. The Morgan fingerprint density at radius 2 is 2.21 bits per heavy atom. The standard InChI is InChI=1S/C11H10F3N5/c12-11(13,14)9-17-10-16-5-3-8(19(10)18-9)7-2-1-4-15-6-7/h1-2,4,6,8H,3,5H2,(H,16,17,18). The van der Waals surface area contributed by atoms with Crippen LogP contribution in [-0.4, -0.2) is 26.3 Å². The fourth-order valence-corrected chi connectivity index (χ4v) is 2.11. The van der Waals surface area contributed by atoms with Crippen molar-refractivity contribution in [2.45, 2.75) is 18.6 Å². The van der Waals surface area contributed by atoms with Crippen LogP contribution in [0.3, 0.4) is 0 Å². The van der Waals surface area contributed by atoms with Gasteiger partial charge in [-0.25, -0.2) is 4.68 Å². The van der Waals surface area contributed by atoms with Crippen LogP contribution in [0.25, 0.3) is 0 Å². The maximum Gasteiger partial charge on any atom is 0.453 e. The summed E-state index contributed by atoms with van der Waals surface area (Å²) < 4.78 is 39.2. The van der Waals surface area contributed by atoms with Crippen molar-refractivity contribution in [1.82, 2.24) is 19.7 Å². The van der Waals surface area contributed by atoms with E-state index in [1.54, 1.807) is 18.5 Å². The first-order valence-corrected chi connectivity index (χ1v) is 5.73. The van der Waals surface area contributed by atoms with Gasteiger partial charge in [0, 0.05) is 18.9 Å². The van der Waals surface area contributed by atoms with Crippen LogP contribution in [0.2, 0.25) is 0 Å². The van der Waals surface area contributed by atoms with Gasteiger partial charge in [0.2, 0.25) is 5.95 Å². The van der Waals surface area contributed by atoms with Crippen molar-refractivity contribution >= 4 is 5.95 Å². The zero-order chi connectivity index (χ0) is 13.5. The molecule has 0 saturated heterocycles. The van der Waals surface area contributed by atoms with E-state index in [0.29, 0.717) is 13.0 Å². The smallest absolute Gasteiger partial charge is 0.354 e. The summed E-state index contributed by atoms with van der Waals surface area (Å²) in [4.78, 5) is 7.48. The molecule has 19 heavy (non-hydrogen) atoms. The summed E-state index contributed by atoms with van der Waals surface area (Å²) >= 11 is 0. The number of alkyl halides is 3. The van der Waals surface area contributed by atoms with Crippen molar-refractivity contribution in [3.63, 3.8) is 0 Å². The zero-order valence-corrected chi connectivity index (χ0v) is 9.72. The van der Waals surface area contributed by atoms with E-state index in [-0.39, 0.29) is 12.0 Å². The number of aromatic nitrogens is 4. The lowest BCUT2D eigenvalue weighted by Gasteiger charge is -2.24. The summed E-state index contributed by atoms with van der Waals surface area (Å²) in [6.45, 7) is 0.551. The van der Waals surface area contributed by atoms with Gasteiger partial charge in [-0.1, -0.05) is 6.07 Å². The van der Waals surface area contributed by atoms with Crippen LogP contribution in [0, 0.1) is 0 Å². The largest absolute Gasteiger partial charge is 0.453 e. The average molecular weight is 269 g/mol. The molecule has 1 atom stereocenters. The Hall–Kier alpha value is -2.12. The van der Waals surface area contributed by atoms with Crippen LogP contribution in [0.1, 0.15) is 23.9 Å². The highest BCUT2D eigenvalue weighted by molar-refractivity contribution is 5.32. The molecule has 2 aromatic heterocycles. The summed E-state index contributed by atoms with van der Waals surface area (Å²) in [6, 6.07) is 3.30. The molecular formula is C11H10F3N5. The van der Waals surface area contributed by atoms with E-state index in [4.69, 9.17) is 0 Å². The van der Waals surface area contributed by atoms with Gasteiger partial charge in [0.1, 0.15) is 0 Å². The highest BCUT2D eigenvalue weighted by Gasteiger charge is 2.38. The second-order valence-corrected chi connectivity index (χ2v) is 4.22. The van der Waals surface area contributed by atoms with Crippen molar-refractivity contribution in [2.75, 3.05) is 11.9 Å². The number of halogens is 3. The molecule has 1 aliphatic rings. The summed E-state index contributed by atoms with van der Waals surface area (Å²) in [5.74, 6) is -0.974. The predicted octanol–water partition coefficient (Wildman–Crippen LogP) is 2.10. The van der Waals surface area contributed by atoms with Crippen molar-refractivity contribution in [3.05, 3.63) is 35.9 Å². The second kappa shape index (κ2) is 4.22. The molecule has 1 aliphatic heterocycles. The van der Waals surface area contributed by atoms with Crippen molar-refractivity contribution < 1.29 is 13.2 Å². The second-order valence-electron chi connectivity index (χ2n) is 4.22. The van der Waals surface area contributed by atoms with Gasteiger partial charge in [-0.2, -0.15) is 18.2 Å². The van der Waals surface area contributed by atoms with Gasteiger partial charge in [0.25, 0.3) is 5.82 Å². The number of nitrogens with zero attached hydrogens (tertiary/aromatic N) is 4. The number of fused-ring (bicyclic) bond motifs is 1. The minimum atomic E-state index is -4.54. The molecule has 0 amide bonds. The van der Waals surface area contributed by atoms with E-state index >= 15 is 0 Å². The predicted molar refractivity (Wildman–Crippen MR) is 60.5 cm³/mol. The molecular weight excluding hydrogens is 259 g/mol. The SMILES string of the molecule is FC(F)(F)c1nc2n(n1)C(c1cccnc1)CCN2. The van der Waals surface area contributed by atoms with Crippen LogP contribution < -0.4 is 5.32 Å². The van der Waals surface area contributed by atoms with Crippen LogP contribution in [0.5, 0.6) is 0 Å². The molecule has 0 fully saturated rings. The van der Waals surface area contributed by atoms with Gasteiger partial charge >= 0.3 is 6.18 Å². The molecule has 5 nitrogen and oxygen atoms in total. The molecule has 1 unspecified atom stereocenters. The maximum atomic E-state index is 12.6. The Kier molecular flexibility index (Phi) is 2.65. The molecule has 1 N–H and O–H groups in total. The van der Waals surface area contributed by atoms with Gasteiger partial charge in [-0.3, -0.25) is 4.98 Å². The Morgan fingerprint density at radius 3 is 2.89 bits per heavy atom. The number of hydrogen-bond donors (Lipinski definition) is 1. The number of rotatable bonds is 1. The minimum Gasteiger partial charge on any atom is -0.354 e. The maximum absolute atomic E-state index is 12.6. The molecule has 0 saturated carbocycles. The number of anilines is 1. The zero-order valence-electron chi connectivity index (χ0n) is 9.72. The summed E-state index contributed by atoms with van der Waals surface area (Å²) in [7, 11) is 0. The van der Waals surface area contributed by atoms with Crippen molar-refractivity contribution in [2.24, 2.45) is 0 Å². The van der Waals surface area contributed by atoms with E-state index < -0.39 is 12.0 Å². The molecule has 3 heterocycles. The molecule has 0 bridgehead atoms. The van der Waals surface area contributed by atoms with Crippen LogP contribution >= 0.6 is 0 Å². The lowest BCUT2D eigenvalue weighted by molar-refractivity contribution is -0.145. The van der Waals surface area contributed by atoms with Crippen LogP contribution in [0.4, 0.5) is 19.1 Å². The van der Waals surface area contributed by atoms with Crippen molar-refractivity contribution in [3.8, 4) is 0 Å². The van der Waals surface area contributed by atoms with Gasteiger partial charge in [-0.15, -0.1) is 5.10 Å². The van der Waals surface area contributed by atoms with Crippen LogP contribution in [-0.2, 0) is 6.18 Å². The quantitative estimate of drug-likeness (QED) is 0.861. The molecule has 0 aromatic carbocycles. The number of nitrogens with one attached hydrogen (secondary N) is 1. The average Bonchev–Trinajstić information content (AvgIpc) is 2.83. The van der Waals surface area contributed by atoms with E-state index in [0.717, 1.165) is 5.56 Å². The lowest BCUT2D eigenvalue weighted by Crippen LogP contribution is -2.24. The Bertz CT molecular complexity index is 578. The van der Waals surface area contributed by atoms with Gasteiger partial charge in [0.05, 0.1) is 6.04 Å². The first-order chi connectivity index (χ1) is 9.05. The third kappa shape index (κ3) is 2.13. The molecule has 0 spiro atoms. The van der Waals surface area contributed by atoms with E-state index in [1.165, 1.54) is 4.68 Å². The Labute approximate surface area is 106 Å². The van der Waals surface area contributed by atoms with Gasteiger partial charge in [-0.05, 0) is 18.1 Å². The fourth-order valence-electron chi connectivity index (χ4n) is 2.11. The third-order valence-electron chi connectivity index (χ3n) is 2.95. The summed E-state index contributed by atoms with van der Waals surface area (Å²) in [5.41, 5.74) is 0.823. The molecule has 0 aliphatic carbocycles. The Balaban J connectivity index is 2.03. The van der Waals surface area contributed by atoms with E-state index in [2.05, 4.69) is 20.4 Å². The number of hydrogen-bond acceptors (Lipinski definition) is 4. The van der Waals surface area contributed by atoms with Gasteiger partial charge < -0.3 is 5.32 Å². The number of pyridine rings is 1. The highest BCUT2D eigenvalue weighted by Crippen LogP contribution is 2.32.